The normalized spacial score (nSPS) is 39.3. The van der Waals surface area contributed by atoms with Gasteiger partial charge in [0.25, 0.3) is 0 Å². The molecule has 110 valence electrons. The van der Waals surface area contributed by atoms with Gasteiger partial charge in [-0.25, -0.2) is 8.42 Å². The van der Waals surface area contributed by atoms with Crippen LogP contribution in [0, 0.1) is 0 Å². The number of carboxylic acid groups (broad SMARTS) is 1. The van der Waals surface area contributed by atoms with E-state index in [0.29, 0.717) is 19.4 Å². The second kappa shape index (κ2) is 5.03. The SMILES string of the molecule is CNC1(C(=O)O)CCC(N2CCS(=O)(=O)CC2C)C1. The van der Waals surface area contributed by atoms with Crippen LogP contribution in [0.25, 0.3) is 0 Å². The minimum Gasteiger partial charge on any atom is -0.480 e. The van der Waals surface area contributed by atoms with Crippen molar-refractivity contribution in [2.45, 2.75) is 43.8 Å². The van der Waals surface area contributed by atoms with Crippen molar-refractivity contribution < 1.29 is 18.3 Å². The molecule has 2 fully saturated rings. The van der Waals surface area contributed by atoms with E-state index < -0.39 is 21.3 Å². The van der Waals surface area contributed by atoms with Crippen LogP contribution in [0.15, 0.2) is 0 Å². The first-order valence-electron chi connectivity index (χ1n) is 6.68. The van der Waals surface area contributed by atoms with Gasteiger partial charge in [0.1, 0.15) is 5.54 Å². The van der Waals surface area contributed by atoms with Crippen molar-refractivity contribution in [2.24, 2.45) is 0 Å². The van der Waals surface area contributed by atoms with Crippen LogP contribution in [0.4, 0.5) is 0 Å². The van der Waals surface area contributed by atoms with E-state index in [1.54, 1.807) is 7.05 Å². The number of aliphatic carboxylic acids is 1. The van der Waals surface area contributed by atoms with Crippen molar-refractivity contribution >= 4 is 15.8 Å². The lowest BCUT2D eigenvalue weighted by molar-refractivity contribution is -0.144. The molecule has 1 heterocycles. The summed E-state index contributed by atoms with van der Waals surface area (Å²) in [5, 5.41) is 12.3. The van der Waals surface area contributed by atoms with Gasteiger partial charge in [-0.3, -0.25) is 9.69 Å². The molecule has 6 nitrogen and oxygen atoms in total. The summed E-state index contributed by atoms with van der Waals surface area (Å²) in [6, 6.07) is 0.138. The van der Waals surface area contributed by atoms with E-state index in [2.05, 4.69) is 10.2 Å². The van der Waals surface area contributed by atoms with Crippen LogP contribution in [-0.4, -0.2) is 67.1 Å². The number of sulfone groups is 1. The zero-order valence-corrected chi connectivity index (χ0v) is 12.2. The lowest BCUT2D eigenvalue weighted by Gasteiger charge is -2.38. The first-order chi connectivity index (χ1) is 8.80. The van der Waals surface area contributed by atoms with Crippen LogP contribution in [0.3, 0.4) is 0 Å². The quantitative estimate of drug-likeness (QED) is 0.742. The van der Waals surface area contributed by atoms with Crippen LogP contribution in [-0.2, 0) is 14.6 Å². The van der Waals surface area contributed by atoms with Crippen LogP contribution in [0.1, 0.15) is 26.2 Å². The Morgan fingerprint density at radius 3 is 2.63 bits per heavy atom. The monoisotopic (exact) mass is 290 g/mol. The fraction of sp³-hybridized carbons (Fsp3) is 0.917. The molecule has 2 N–H and O–H groups in total. The second-order valence-electron chi connectivity index (χ2n) is 5.74. The highest BCUT2D eigenvalue weighted by Gasteiger charge is 2.47. The number of nitrogens with one attached hydrogen (secondary N) is 1. The zero-order valence-electron chi connectivity index (χ0n) is 11.4. The molecule has 0 aromatic heterocycles. The minimum absolute atomic E-state index is 0.0230. The third-order valence-electron chi connectivity index (χ3n) is 4.57. The molecule has 19 heavy (non-hydrogen) atoms. The Bertz CT molecular complexity index is 464. The molecule has 0 aromatic carbocycles. The van der Waals surface area contributed by atoms with Crippen molar-refractivity contribution in [1.82, 2.24) is 10.2 Å². The molecule has 0 spiro atoms. The summed E-state index contributed by atoms with van der Waals surface area (Å²) < 4.78 is 23.2. The van der Waals surface area contributed by atoms with E-state index >= 15 is 0 Å². The highest BCUT2D eigenvalue weighted by Crippen LogP contribution is 2.35. The van der Waals surface area contributed by atoms with Gasteiger partial charge in [-0.2, -0.15) is 0 Å². The van der Waals surface area contributed by atoms with Crippen LogP contribution < -0.4 is 5.32 Å². The Morgan fingerprint density at radius 1 is 1.47 bits per heavy atom. The van der Waals surface area contributed by atoms with Gasteiger partial charge in [0.15, 0.2) is 9.84 Å². The highest BCUT2D eigenvalue weighted by molar-refractivity contribution is 7.91. The molecule has 1 aliphatic heterocycles. The van der Waals surface area contributed by atoms with Crippen LogP contribution in [0.2, 0.25) is 0 Å². The average Bonchev–Trinajstić information content (AvgIpc) is 2.73. The summed E-state index contributed by atoms with van der Waals surface area (Å²) in [6.07, 6.45) is 1.94. The Labute approximate surface area is 114 Å². The molecule has 1 saturated carbocycles. The highest BCUT2D eigenvalue weighted by atomic mass is 32.2. The average molecular weight is 290 g/mol. The largest absolute Gasteiger partial charge is 0.480 e. The van der Waals surface area contributed by atoms with E-state index in [4.69, 9.17) is 0 Å². The predicted molar refractivity (Wildman–Crippen MR) is 71.9 cm³/mol. The van der Waals surface area contributed by atoms with Crippen molar-refractivity contribution in [3.05, 3.63) is 0 Å². The first kappa shape index (κ1) is 14.7. The summed E-state index contributed by atoms with van der Waals surface area (Å²) in [4.78, 5) is 13.6. The van der Waals surface area contributed by atoms with Crippen molar-refractivity contribution in [2.75, 3.05) is 25.1 Å². The van der Waals surface area contributed by atoms with Crippen LogP contribution in [0.5, 0.6) is 0 Å². The topological polar surface area (TPSA) is 86.7 Å². The van der Waals surface area contributed by atoms with Gasteiger partial charge in [0, 0.05) is 18.6 Å². The van der Waals surface area contributed by atoms with Gasteiger partial charge in [-0.05, 0) is 33.2 Å². The molecule has 0 aromatic rings. The number of hydrogen-bond acceptors (Lipinski definition) is 5. The van der Waals surface area contributed by atoms with Gasteiger partial charge in [-0.15, -0.1) is 0 Å². The maximum absolute atomic E-state index is 11.6. The molecule has 0 bridgehead atoms. The third-order valence-corrected chi connectivity index (χ3v) is 6.36. The molecule has 3 atom stereocenters. The molecule has 2 rings (SSSR count). The van der Waals surface area contributed by atoms with Gasteiger partial charge >= 0.3 is 5.97 Å². The van der Waals surface area contributed by atoms with E-state index in [1.807, 2.05) is 6.92 Å². The number of carboxylic acids is 1. The van der Waals surface area contributed by atoms with Crippen molar-refractivity contribution in [3.63, 3.8) is 0 Å². The molecule has 0 radical (unpaired) electrons. The third kappa shape index (κ3) is 2.78. The number of hydrogen-bond donors (Lipinski definition) is 2. The minimum atomic E-state index is -2.92. The van der Waals surface area contributed by atoms with E-state index in [-0.39, 0.29) is 23.6 Å². The van der Waals surface area contributed by atoms with Gasteiger partial charge in [0.05, 0.1) is 11.5 Å². The summed E-state index contributed by atoms with van der Waals surface area (Å²) in [5.74, 6) is -0.439. The lowest BCUT2D eigenvalue weighted by atomic mass is 9.97. The summed E-state index contributed by atoms with van der Waals surface area (Å²) >= 11 is 0. The Hall–Kier alpha value is -0.660. The standard InChI is InChI=1S/C12H22N2O4S/c1-9-8-19(17,18)6-5-14(9)10-3-4-12(7-10,13-2)11(15)16/h9-10,13H,3-8H2,1-2H3,(H,15,16). The van der Waals surface area contributed by atoms with E-state index in [0.717, 1.165) is 6.42 Å². The zero-order chi connectivity index (χ0) is 14.3. The maximum Gasteiger partial charge on any atom is 0.323 e. The molecule has 3 unspecified atom stereocenters. The van der Waals surface area contributed by atoms with Crippen molar-refractivity contribution in [3.8, 4) is 0 Å². The van der Waals surface area contributed by atoms with E-state index in [9.17, 15) is 18.3 Å². The number of likely N-dealkylation sites (N-methyl/N-ethyl adjacent to an activating group) is 1. The second-order valence-corrected chi connectivity index (χ2v) is 7.96. The summed E-state index contributed by atoms with van der Waals surface area (Å²) in [5.41, 5.74) is -0.847. The molecular formula is C12H22N2O4S. The number of nitrogens with zero attached hydrogens (tertiary/aromatic N) is 1. The van der Waals surface area contributed by atoms with Crippen LogP contribution >= 0.6 is 0 Å². The van der Waals surface area contributed by atoms with Gasteiger partial charge in [-0.1, -0.05) is 0 Å². The predicted octanol–water partition coefficient (Wildman–Crippen LogP) is -0.299. The number of rotatable bonds is 3. The van der Waals surface area contributed by atoms with Gasteiger partial charge < -0.3 is 10.4 Å². The maximum atomic E-state index is 11.6. The van der Waals surface area contributed by atoms with E-state index in [1.165, 1.54) is 0 Å². The molecule has 1 aliphatic carbocycles. The molecular weight excluding hydrogens is 268 g/mol. The molecule has 2 aliphatic rings. The first-order valence-corrected chi connectivity index (χ1v) is 8.50. The van der Waals surface area contributed by atoms with Gasteiger partial charge in [0.2, 0.25) is 0 Å². The number of carbonyl (C=O) groups is 1. The Morgan fingerprint density at radius 2 is 2.16 bits per heavy atom. The molecule has 7 heteroatoms. The molecule has 1 saturated heterocycles. The summed E-state index contributed by atoms with van der Waals surface area (Å²) in [7, 11) is -1.24. The Balaban J connectivity index is 2.07. The molecule has 0 amide bonds. The summed E-state index contributed by atoms with van der Waals surface area (Å²) in [6.45, 7) is 2.43. The Kier molecular flexibility index (Phi) is 3.90. The fourth-order valence-electron chi connectivity index (χ4n) is 3.38. The fourth-order valence-corrected chi connectivity index (χ4v) is 4.97. The smallest absolute Gasteiger partial charge is 0.323 e. The van der Waals surface area contributed by atoms with Crippen molar-refractivity contribution in [1.29, 1.82) is 0 Å². The lowest BCUT2D eigenvalue weighted by Crippen LogP contribution is -2.53.